The van der Waals surface area contributed by atoms with Gasteiger partial charge in [0, 0.05) is 12.8 Å². The number of hydrogen-bond donors (Lipinski definition) is 1. The van der Waals surface area contributed by atoms with Gasteiger partial charge in [0.1, 0.15) is 6.10 Å². The van der Waals surface area contributed by atoms with Gasteiger partial charge in [-0.1, -0.05) is 33.6 Å². The summed E-state index contributed by atoms with van der Waals surface area (Å²) >= 11 is 0. The summed E-state index contributed by atoms with van der Waals surface area (Å²) in [5.41, 5.74) is 0.0669. The molecular weight excluding hydrogens is 422 g/mol. The molecule has 4 fully saturated rings. The van der Waals surface area contributed by atoms with Gasteiger partial charge in [-0.3, -0.25) is 4.79 Å². The second-order valence-electron chi connectivity index (χ2n) is 13.9. The molecule has 0 radical (unpaired) electrons. The largest absolute Gasteiger partial charge is 0.463 e. The fourth-order valence-corrected chi connectivity index (χ4v) is 9.74. The fourth-order valence-electron chi connectivity index (χ4n) is 9.74. The van der Waals surface area contributed by atoms with Crippen LogP contribution >= 0.6 is 0 Å². The molecule has 4 saturated carbocycles. The normalized spacial score (nSPS) is 44.8. The third-order valence-electron chi connectivity index (χ3n) is 11.4. The molecular formula is C30H49NO3. The number of esters is 1. The van der Waals surface area contributed by atoms with E-state index in [0.29, 0.717) is 35.0 Å². The highest BCUT2D eigenvalue weighted by molar-refractivity contribution is 5.66. The van der Waals surface area contributed by atoms with Crippen LogP contribution in [0, 0.1) is 63.6 Å². The molecule has 0 bridgehead atoms. The number of aliphatic hydroxyl groups is 1. The van der Waals surface area contributed by atoms with E-state index in [9.17, 15) is 15.2 Å². The molecule has 0 aromatic heterocycles. The fraction of sp³-hybridized carbons (Fsp3) is 0.933. The van der Waals surface area contributed by atoms with E-state index in [1.807, 2.05) is 13.8 Å². The monoisotopic (exact) mass is 471 g/mol. The predicted octanol–water partition coefficient (Wildman–Crippen LogP) is 6.90. The van der Waals surface area contributed by atoms with Gasteiger partial charge in [-0.05, 0) is 118 Å². The summed E-state index contributed by atoms with van der Waals surface area (Å²) in [6.07, 6.45) is 12.4. The van der Waals surface area contributed by atoms with E-state index in [1.54, 1.807) is 0 Å². The SMILES string of the molecule is CC(=O)O[C@H]1CC[C@@]2(C)C(CC(C#N)[C@H]3[C@@H]4CC[C@H]([C@H](C)CCCC(C)(C)O)[C@@]4(C)CC[C@@H]32)C1. The van der Waals surface area contributed by atoms with Gasteiger partial charge in [0.2, 0.25) is 0 Å². The van der Waals surface area contributed by atoms with Crippen LogP contribution in [0.3, 0.4) is 0 Å². The van der Waals surface area contributed by atoms with Gasteiger partial charge in [0.25, 0.3) is 0 Å². The molecule has 0 aromatic carbocycles. The molecule has 4 heteroatoms. The van der Waals surface area contributed by atoms with Crippen molar-refractivity contribution in [1.82, 2.24) is 0 Å². The Bertz CT molecular complexity index is 796. The van der Waals surface area contributed by atoms with Crippen molar-refractivity contribution in [3.8, 4) is 6.07 Å². The van der Waals surface area contributed by atoms with Crippen LogP contribution in [-0.4, -0.2) is 22.8 Å². The summed E-state index contributed by atoms with van der Waals surface area (Å²) in [4.78, 5) is 11.6. The van der Waals surface area contributed by atoms with Gasteiger partial charge in [-0.2, -0.15) is 5.26 Å². The van der Waals surface area contributed by atoms with E-state index in [2.05, 4.69) is 26.8 Å². The highest BCUT2D eigenvalue weighted by atomic mass is 16.5. The molecule has 0 heterocycles. The Morgan fingerprint density at radius 3 is 2.44 bits per heavy atom. The molecule has 192 valence electrons. The van der Waals surface area contributed by atoms with Crippen LogP contribution in [0.2, 0.25) is 0 Å². The summed E-state index contributed by atoms with van der Waals surface area (Å²) in [5.74, 6) is 3.74. The average molecular weight is 472 g/mol. The van der Waals surface area contributed by atoms with Gasteiger partial charge in [0.05, 0.1) is 11.7 Å². The zero-order valence-corrected chi connectivity index (χ0v) is 22.6. The van der Waals surface area contributed by atoms with Crippen molar-refractivity contribution in [3.05, 3.63) is 0 Å². The lowest BCUT2D eigenvalue weighted by atomic mass is 9.42. The molecule has 4 nitrogen and oxygen atoms in total. The molecule has 4 rings (SSSR count). The van der Waals surface area contributed by atoms with Crippen molar-refractivity contribution in [2.24, 2.45) is 52.3 Å². The topological polar surface area (TPSA) is 70.3 Å². The number of carbonyl (C=O) groups excluding carboxylic acids is 1. The van der Waals surface area contributed by atoms with Crippen LogP contribution in [0.1, 0.15) is 112 Å². The second kappa shape index (κ2) is 9.42. The lowest BCUT2D eigenvalue weighted by Gasteiger charge is -2.62. The predicted molar refractivity (Wildman–Crippen MR) is 135 cm³/mol. The molecule has 0 saturated heterocycles. The van der Waals surface area contributed by atoms with Gasteiger partial charge in [-0.15, -0.1) is 0 Å². The van der Waals surface area contributed by atoms with Gasteiger partial charge in [0.15, 0.2) is 0 Å². The Labute approximate surface area is 208 Å². The quantitative estimate of drug-likeness (QED) is 0.428. The van der Waals surface area contributed by atoms with E-state index in [-0.39, 0.29) is 23.4 Å². The molecule has 0 aliphatic heterocycles. The summed E-state index contributed by atoms with van der Waals surface area (Å²) < 4.78 is 5.63. The van der Waals surface area contributed by atoms with Crippen LogP contribution in [-0.2, 0) is 9.53 Å². The van der Waals surface area contributed by atoms with Gasteiger partial charge < -0.3 is 9.84 Å². The number of rotatable bonds is 6. The molecule has 10 atom stereocenters. The first kappa shape index (κ1) is 26.0. The number of carbonyl (C=O) groups is 1. The second-order valence-corrected chi connectivity index (χ2v) is 13.9. The molecule has 1 N–H and O–H groups in total. The molecule has 0 amide bonds. The Morgan fingerprint density at radius 2 is 1.79 bits per heavy atom. The van der Waals surface area contributed by atoms with Crippen molar-refractivity contribution >= 4 is 5.97 Å². The first-order valence-electron chi connectivity index (χ1n) is 14.2. The highest BCUT2D eigenvalue weighted by Gasteiger charge is 2.63. The molecule has 2 unspecified atom stereocenters. The van der Waals surface area contributed by atoms with E-state index < -0.39 is 5.60 Å². The minimum Gasteiger partial charge on any atom is -0.463 e. The lowest BCUT2D eigenvalue weighted by Crippen LogP contribution is -2.57. The Kier molecular flexibility index (Phi) is 7.20. The van der Waals surface area contributed by atoms with Crippen molar-refractivity contribution in [1.29, 1.82) is 5.26 Å². The number of nitrogens with zero attached hydrogens (tertiary/aromatic N) is 1. The summed E-state index contributed by atoms with van der Waals surface area (Å²) in [6.45, 7) is 12.9. The highest BCUT2D eigenvalue weighted by Crippen LogP contribution is 2.69. The minimum absolute atomic E-state index is 0.0425. The Morgan fingerprint density at radius 1 is 1.12 bits per heavy atom. The Hall–Kier alpha value is -1.08. The van der Waals surface area contributed by atoms with Gasteiger partial charge in [-0.25, -0.2) is 0 Å². The van der Waals surface area contributed by atoms with Gasteiger partial charge >= 0.3 is 5.97 Å². The van der Waals surface area contributed by atoms with E-state index >= 15 is 0 Å². The molecule has 4 aliphatic rings. The zero-order chi connectivity index (χ0) is 24.9. The van der Waals surface area contributed by atoms with E-state index in [4.69, 9.17) is 4.74 Å². The number of ether oxygens (including phenoxy) is 1. The number of hydrogen-bond acceptors (Lipinski definition) is 4. The standard InChI is InChI=1S/C30H49NO3/c1-19(8-7-13-28(3,4)33)24-9-10-25-27-21(18-31)16-22-17-23(34-20(2)32)11-14-29(22,5)26(27)12-15-30(24,25)6/h19,21-27,33H,7-17H2,1-6H3/t19-,21?,22?,23+,24-,25+,26+,27+,29+,30-/m1/s1. The minimum atomic E-state index is -0.567. The van der Waals surface area contributed by atoms with E-state index in [0.717, 1.165) is 44.4 Å². The van der Waals surface area contributed by atoms with Crippen LogP contribution in [0.25, 0.3) is 0 Å². The molecule has 0 spiro atoms. The maximum atomic E-state index is 11.6. The summed E-state index contributed by atoms with van der Waals surface area (Å²) in [6, 6.07) is 2.80. The Balaban J connectivity index is 1.50. The summed E-state index contributed by atoms with van der Waals surface area (Å²) in [5, 5.41) is 20.5. The molecule has 4 aliphatic carbocycles. The van der Waals surface area contributed by atoms with Crippen LogP contribution in [0.15, 0.2) is 0 Å². The smallest absolute Gasteiger partial charge is 0.302 e. The number of fused-ring (bicyclic) bond motifs is 5. The van der Waals surface area contributed by atoms with E-state index in [1.165, 1.54) is 39.0 Å². The zero-order valence-electron chi connectivity index (χ0n) is 22.6. The van der Waals surface area contributed by atoms with Crippen molar-refractivity contribution in [2.75, 3.05) is 0 Å². The molecule has 0 aromatic rings. The summed E-state index contributed by atoms with van der Waals surface area (Å²) in [7, 11) is 0. The lowest BCUT2D eigenvalue weighted by molar-refractivity contribution is -0.165. The third kappa shape index (κ3) is 4.68. The van der Waals surface area contributed by atoms with Crippen LogP contribution < -0.4 is 0 Å². The van der Waals surface area contributed by atoms with Crippen LogP contribution in [0.5, 0.6) is 0 Å². The van der Waals surface area contributed by atoms with Crippen molar-refractivity contribution in [3.63, 3.8) is 0 Å². The molecule has 34 heavy (non-hydrogen) atoms. The average Bonchev–Trinajstić information content (AvgIpc) is 3.09. The maximum Gasteiger partial charge on any atom is 0.302 e. The van der Waals surface area contributed by atoms with Crippen molar-refractivity contribution in [2.45, 2.75) is 124 Å². The van der Waals surface area contributed by atoms with Crippen molar-refractivity contribution < 1.29 is 14.6 Å². The maximum absolute atomic E-state index is 11.6. The third-order valence-corrected chi connectivity index (χ3v) is 11.4. The van der Waals surface area contributed by atoms with Crippen LogP contribution in [0.4, 0.5) is 0 Å². The first-order valence-corrected chi connectivity index (χ1v) is 14.2. The first-order chi connectivity index (χ1) is 15.9. The number of nitriles is 1.